The lowest BCUT2D eigenvalue weighted by molar-refractivity contribution is -0.140. The second kappa shape index (κ2) is 6.73. The largest absolute Gasteiger partial charge is 0.419 e. The Hall–Kier alpha value is -3.24. The molecule has 144 valence electrons. The predicted octanol–water partition coefficient (Wildman–Crippen LogP) is 4.25. The molecule has 4 nitrogen and oxygen atoms in total. The van der Waals surface area contributed by atoms with E-state index in [4.69, 9.17) is 0 Å². The van der Waals surface area contributed by atoms with Gasteiger partial charge in [-0.1, -0.05) is 0 Å². The van der Waals surface area contributed by atoms with Crippen molar-refractivity contribution in [1.29, 1.82) is 10.5 Å². The summed E-state index contributed by atoms with van der Waals surface area (Å²) in [5.74, 6) is -2.79. The van der Waals surface area contributed by atoms with Crippen LogP contribution in [0.2, 0.25) is 0 Å². The van der Waals surface area contributed by atoms with Crippen molar-refractivity contribution in [3.05, 3.63) is 58.2 Å². The smallest absolute Gasteiger partial charge is 0.385 e. The fraction of sp³-hybridized carbons (Fsp3) is 0.222. The molecule has 0 radical (unpaired) electrons. The molecule has 0 unspecified atom stereocenters. The second-order valence-electron chi connectivity index (χ2n) is 6.01. The number of hydrogen-bond acceptors (Lipinski definition) is 4. The fourth-order valence-corrected chi connectivity index (χ4v) is 3.13. The molecule has 28 heavy (non-hydrogen) atoms. The van der Waals surface area contributed by atoms with E-state index in [0.29, 0.717) is 6.07 Å². The topological polar surface area (TPSA) is 71.0 Å². The Morgan fingerprint density at radius 1 is 1.11 bits per heavy atom. The van der Waals surface area contributed by atoms with Gasteiger partial charge in [0.2, 0.25) is 0 Å². The summed E-state index contributed by atoms with van der Waals surface area (Å²) >= 11 is 0. The Labute approximate surface area is 154 Å². The van der Waals surface area contributed by atoms with Crippen molar-refractivity contribution in [3.63, 3.8) is 0 Å². The molecule has 0 amide bonds. The number of nitriles is 2. The predicted molar refractivity (Wildman–Crippen MR) is 84.1 cm³/mol. The molecule has 0 fully saturated rings. The number of rotatable bonds is 1. The molecular formula is C18H9F6N3O. The van der Waals surface area contributed by atoms with Gasteiger partial charge >= 0.3 is 6.18 Å². The number of benzene rings is 2. The quantitative estimate of drug-likeness (QED) is 0.731. The summed E-state index contributed by atoms with van der Waals surface area (Å²) in [5.41, 5.74) is -4.03. The summed E-state index contributed by atoms with van der Waals surface area (Å²) in [7, 11) is 0. The van der Waals surface area contributed by atoms with E-state index in [1.54, 1.807) is 6.07 Å². The molecule has 1 heterocycles. The summed E-state index contributed by atoms with van der Waals surface area (Å²) in [6.07, 6.45) is -8.90. The molecule has 0 saturated carbocycles. The zero-order valence-corrected chi connectivity index (χ0v) is 13.7. The number of nitrogens with zero attached hydrogens (tertiary/aromatic N) is 3. The van der Waals surface area contributed by atoms with Gasteiger partial charge in [-0.2, -0.15) is 23.7 Å². The van der Waals surface area contributed by atoms with Crippen molar-refractivity contribution < 1.29 is 31.4 Å². The first-order valence-corrected chi connectivity index (χ1v) is 7.73. The summed E-state index contributed by atoms with van der Waals surface area (Å²) in [6.45, 7) is -0.687. The Morgan fingerprint density at radius 2 is 1.79 bits per heavy atom. The van der Waals surface area contributed by atoms with Gasteiger partial charge in [0.1, 0.15) is 35.8 Å². The molecule has 1 N–H and O–H groups in total. The number of aliphatic hydroxyl groups excluding tert-OH is 1. The molecule has 10 heteroatoms. The maximum atomic E-state index is 14.3. The SMILES string of the molecule is N#Cc1cc(F)cc2c1N(c1ccc(C(F)(F)F)c(F)c1C#N)C[C@H](F)[C@@H]2O. The second-order valence-corrected chi connectivity index (χ2v) is 6.01. The van der Waals surface area contributed by atoms with Crippen molar-refractivity contribution in [2.24, 2.45) is 0 Å². The minimum Gasteiger partial charge on any atom is -0.385 e. The maximum absolute atomic E-state index is 14.3. The zero-order chi connectivity index (χ0) is 20.8. The standard InChI is InChI=1S/C18H9F6N3O/c19-9-3-8(5-25)16-10(4-9)17(28)13(20)7-27(16)14-2-1-12(18(22,23)24)15(21)11(14)6-26/h1-4,13,17,28H,7H2/t13-,17+/m0/s1. The lowest BCUT2D eigenvalue weighted by atomic mass is 9.92. The van der Waals surface area contributed by atoms with Crippen LogP contribution in [-0.2, 0) is 6.18 Å². The van der Waals surface area contributed by atoms with Crippen LogP contribution >= 0.6 is 0 Å². The first kappa shape index (κ1) is 19.5. The van der Waals surface area contributed by atoms with Crippen LogP contribution in [0.5, 0.6) is 0 Å². The summed E-state index contributed by atoms with van der Waals surface area (Å²) in [5, 5.41) is 28.5. The van der Waals surface area contributed by atoms with E-state index < -0.39 is 53.4 Å². The van der Waals surface area contributed by atoms with Crippen molar-refractivity contribution in [1.82, 2.24) is 0 Å². The number of halogens is 6. The van der Waals surface area contributed by atoms with Gasteiger partial charge in [-0.3, -0.25) is 0 Å². The number of aliphatic hydroxyl groups is 1. The van der Waals surface area contributed by atoms with Gasteiger partial charge in [0.25, 0.3) is 0 Å². The van der Waals surface area contributed by atoms with Crippen LogP contribution in [0.1, 0.15) is 28.4 Å². The lowest BCUT2D eigenvalue weighted by Gasteiger charge is -2.37. The molecule has 2 aromatic rings. The average molecular weight is 397 g/mol. The minimum absolute atomic E-state index is 0.207. The molecule has 0 aliphatic carbocycles. The van der Waals surface area contributed by atoms with Gasteiger partial charge in [-0.25, -0.2) is 13.2 Å². The first-order chi connectivity index (χ1) is 13.1. The Morgan fingerprint density at radius 3 is 2.36 bits per heavy atom. The van der Waals surface area contributed by atoms with Gasteiger partial charge in [-0.15, -0.1) is 0 Å². The monoisotopic (exact) mass is 397 g/mol. The first-order valence-electron chi connectivity index (χ1n) is 7.73. The third-order valence-electron chi connectivity index (χ3n) is 4.34. The van der Waals surface area contributed by atoms with E-state index in [1.165, 1.54) is 6.07 Å². The van der Waals surface area contributed by atoms with E-state index in [2.05, 4.69) is 0 Å². The van der Waals surface area contributed by atoms with Crippen LogP contribution in [0.15, 0.2) is 24.3 Å². The highest BCUT2D eigenvalue weighted by atomic mass is 19.4. The van der Waals surface area contributed by atoms with Gasteiger partial charge < -0.3 is 10.0 Å². The van der Waals surface area contributed by atoms with E-state index in [9.17, 15) is 42.0 Å². The molecule has 0 bridgehead atoms. The van der Waals surface area contributed by atoms with E-state index in [0.717, 1.165) is 23.1 Å². The zero-order valence-electron chi connectivity index (χ0n) is 13.7. The van der Waals surface area contributed by atoms with Crippen LogP contribution in [-0.4, -0.2) is 17.8 Å². The maximum Gasteiger partial charge on any atom is 0.419 e. The van der Waals surface area contributed by atoms with Crippen LogP contribution in [0.3, 0.4) is 0 Å². The van der Waals surface area contributed by atoms with Crippen molar-refractivity contribution >= 4 is 11.4 Å². The number of hydrogen-bond donors (Lipinski definition) is 1. The molecule has 1 aliphatic heterocycles. The number of anilines is 2. The third kappa shape index (κ3) is 3.02. The van der Waals surface area contributed by atoms with Gasteiger partial charge in [0.05, 0.1) is 29.0 Å². The summed E-state index contributed by atoms with van der Waals surface area (Å²) in [6, 6.07) is 5.67. The highest BCUT2D eigenvalue weighted by molar-refractivity contribution is 5.78. The fourth-order valence-electron chi connectivity index (χ4n) is 3.13. The number of fused-ring (bicyclic) bond motifs is 1. The molecule has 3 rings (SSSR count). The van der Waals surface area contributed by atoms with Crippen LogP contribution in [0.25, 0.3) is 0 Å². The molecule has 2 aromatic carbocycles. The van der Waals surface area contributed by atoms with Crippen LogP contribution < -0.4 is 4.90 Å². The van der Waals surface area contributed by atoms with Gasteiger partial charge in [0.15, 0.2) is 5.82 Å². The van der Waals surface area contributed by atoms with E-state index >= 15 is 0 Å². The molecule has 0 aromatic heterocycles. The normalized spacial score (nSPS) is 19.0. The summed E-state index contributed by atoms with van der Waals surface area (Å²) < 4.78 is 81.1. The van der Waals surface area contributed by atoms with E-state index in [-0.39, 0.29) is 16.8 Å². The highest BCUT2D eigenvalue weighted by Gasteiger charge is 2.39. The van der Waals surface area contributed by atoms with Crippen LogP contribution in [0, 0.1) is 34.3 Å². The van der Waals surface area contributed by atoms with Crippen molar-refractivity contribution in [3.8, 4) is 12.1 Å². The number of alkyl halides is 4. The molecule has 0 spiro atoms. The summed E-state index contributed by atoms with van der Waals surface area (Å²) in [4.78, 5) is 0.895. The van der Waals surface area contributed by atoms with Crippen molar-refractivity contribution in [2.75, 3.05) is 11.4 Å². The van der Waals surface area contributed by atoms with Gasteiger partial charge in [0, 0.05) is 5.56 Å². The lowest BCUT2D eigenvalue weighted by Crippen LogP contribution is -2.37. The van der Waals surface area contributed by atoms with E-state index in [1.807, 2.05) is 0 Å². The van der Waals surface area contributed by atoms with Crippen LogP contribution in [0.4, 0.5) is 37.7 Å². The Balaban J connectivity index is 2.30. The van der Waals surface area contributed by atoms with Gasteiger partial charge in [-0.05, 0) is 24.3 Å². The molecular weight excluding hydrogens is 388 g/mol. The Bertz CT molecular complexity index is 1040. The highest BCUT2D eigenvalue weighted by Crippen LogP contribution is 2.44. The third-order valence-corrected chi connectivity index (χ3v) is 4.34. The molecule has 1 aliphatic rings. The molecule has 0 saturated heterocycles. The average Bonchev–Trinajstić information content (AvgIpc) is 2.62. The van der Waals surface area contributed by atoms with Crippen molar-refractivity contribution in [2.45, 2.75) is 18.5 Å². The minimum atomic E-state index is -5.06. The molecule has 2 atom stereocenters. The Kier molecular flexibility index (Phi) is 4.69.